The Morgan fingerprint density at radius 2 is 1.93 bits per heavy atom. The number of carbonyl (C=O) groups excluding carboxylic acids is 2. The summed E-state index contributed by atoms with van der Waals surface area (Å²) < 4.78 is 10.6. The number of hydrogen-bond donors (Lipinski definition) is 1. The molecule has 2 amide bonds. The first-order valence-electron chi connectivity index (χ1n) is 9.11. The second-order valence-electron chi connectivity index (χ2n) is 6.90. The SMILES string of the molecule is O=C(O)CN1C(=O)C(N2C(=O)OC[C@@H]2c2ccccc2)C1CCc1ccco1. The van der Waals surface area contributed by atoms with Crippen molar-refractivity contribution in [3.8, 4) is 0 Å². The van der Waals surface area contributed by atoms with Crippen molar-refractivity contribution in [2.75, 3.05) is 13.2 Å². The molecule has 2 fully saturated rings. The van der Waals surface area contributed by atoms with Gasteiger partial charge in [-0.3, -0.25) is 14.5 Å². The molecule has 2 unspecified atom stereocenters. The summed E-state index contributed by atoms with van der Waals surface area (Å²) in [5.41, 5.74) is 0.877. The van der Waals surface area contributed by atoms with Gasteiger partial charge < -0.3 is 19.2 Å². The lowest BCUT2D eigenvalue weighted by atomic mass is 9.87. The highest BCUT2D eigenvalue weighted by atomic mass is 16.6. The van der Waals surface area contributed by atoms with Crippen LogP contribution in [-0.2, 0) is 20.7 Å². The topological polar surface area (TPSA) is 100 Å². The van der Waals surface area contributed by atoms with Crippen molar-refractivity contribution >= 4 is 18.0 Å². The van der Waals surface area contributed by atoms with E-state index in [2.05, 4.69) is 0 Å². The molecule has 2 saturated heterocycles. The molecular formula is C20H20N2O6. The molecule has 0 radical (unpaired) electrons. The van der Waals surface area contributed by atoms with Crippen LogP contribution in [0.15, 0.2) is 53.1 Å². The van der Waals surface area contributed by atoms with E-state index >= 15 is 0 Å². The highest BCUT2D eigenvalue weighted by Gasteiger charge is 2.56. The van der Waals surface area contributed by atoms with Crippen molar-refractivity contribution in [3.63, 3.8) is 0 Å². The number of amides is 2. The summed E-state index contributed by atoms with van der Waals surface area (Å²) in [6, 6.07) is 11.5. The molecule has 1 aromatic heterocycles. The normalized spacial score (nSPS) is 24.2. The maximum absolute atomic E-state index is 12.8. The molecule has 8 heteroatoms. The Hall–Kier alpha value is -3.29. The summed E-state index contributed by atoms with van der Waals surface area (Å²) in [7, 11) is 0. The fourth-order valence-electron chi connectivity index (χ4n) is 3.96. The Morgan fingerprint density at radius 1 is 1.14 bits per heavy atom. The van der Waals surface area contributed by atoms with E-state index in [1.54, 1.807) is 12.3 Å². The number of furan rings is 1. The van der Waals surface area contributed by atoms with Crippen LogP contribution in [0.25, 0.3) is 0 Å². The van der Waals surface area contributed by atoms with Crippen LogP contribution in [-0.4, -0.2) is 58.1 Å². The van der Waals surface area contributed by atoms with E-state index in [9.17, 15) is 14.4 Å². The zero-order chi connectivity index (χ0) is 19.7. The van der Waals surface area contributed by atoms with Gasteiger partial charge in [0, 0.05) is 6.42 Å². The largest absolute Gasteiger partial charge is 0.480 e. The third-order valence-corrected chi connectivity index (χ3v) is 5.27. The molecule has 1 aromatic carbocycles. The lowest BCUT2D eigenvalue weighted by molar-refractivity contribution is -0.164. The minimum atomic E-state index is -1.08. The molecule has 146 valence electrons. The van der Waals surface area contributed by atoms with Crippen molar-refractivity contribution in [1.29, 1.82) is 0 Å². The monoisotopic (exact) mass is 384 g/mol. The number of carbonyl (C=O) groups is 3. The third-order valence-electron chi connectivity index (χ3n) is 5.27. The molecule has 8 nitrogen and oxygen atoms in total. The van der Waals surface area contributed by atoms with Gasteiger partial charge in [0.1, 0.15) is 25.0 Å². The molecule has 28 heavy (non-hydrogen) atoms. The molecule has 3 atom stereocenters. The number of carboxylic acids is 1. The lowest BCUT2D eigenvalue weighted by Crippen LogP contribution is -2.71. The highest BCUT2D eigenvalue weighted by molar-refractivity contribution is 5.95. The van der Waals surface area contributed by atoms with Gasteiger partial charge >= 0.3 is 12.1 Å². The van der Waals surface area contributed by atoms with Crippen LogP contribution in [0.3, 0.4) is 0 Å². The molecule has 2 aromatic rings. The smallest absolute Gasteiger partial charge is 0.411 e. The second-order valence-corrected chi connectivity index (χ2v) is 6.90. The van der Waals surface area contributed by atoms with Gasteiger partial charge in [0.05, 0.1) is 18.3 Å². The van der Waals surface area contributed by atoms with Gasteiger partial charge in [-0.25, -0.2) is 4.79 Å². The second kappa shape index (κ2) is 7.38. The van der Waals surface area contributed by atoms with Crippen LogP contribution in [0.1, 0.15) is 23.8 Å². The number of β-lactam (4-membered cyclic amide) rings is 1. The van der Waals surface area contributed by atoms with E-state index in [0.717, 1.165) is 11.3 Å². The Balaban J connectivity index is 1.58. The van der Waals surface area contributed by atoms with Gasteiger partial charge in [-0.15, -0.1) is 0 Å². The van der Waals surface area contributed by atoms with Gasteiger partial charge in [-0.1, -0.05) is 30.3 Å². The number of benzene rings is 1. The Bertz CT molecular complexity index is 866. The molecule has 0 aliphatic carbocycles. The molecule has 0 saturated carbocycles. The molecule has 0 bridgehead atoms. The summed E-state index contributed by atoms with van der Waals surface area (Å²) in [5.74, 6) is -0.706. The average molecular weight is 384 g/mol. The van der Waals surface area contributed by atoms with Crippen LogP contribution in [0, 0.1) is 0 Å². The molecule has 2 aliphatic heterocycles. The standard InChI is InChI=1S/C20H20N2O6/c23-17(24)11-21-15(9-8-14-7-4-10-27-14)18(19(21)25)22-16(12-28-20(22)26)13-5-2-1-3-6-13/h1-7,10,15-16,18H,8-9,11-12H2,(H,23,24)/t15?,16-,18?/m1/s1. The predicted molar refractivity (Wildman–Crippen MR) is 96.3 cm³/mol. The first-order valence-corrected chi connectivity index (χ1v) is 9.11. The van der Waals surface area contributed by atoms with Crippen LogP contribution in [0.5, 0.6) is 0 Å². The van der Waals surface area contributed by atoms with Gasteiger partial charge in [0.25, 0.3) is 0 Å². The Kier molecular flexibility index (Phi) is 4.77. The molecule has 4 rings (SSSR count). The minimum absolute atomic E-state index is 0.163. The first-order chi connectivity index (χ1) is 13.6. The van der Waals surface area contributed by atoms with Crippen molar-refractivity contribution in [3.05, 3.63) is 60.1 Å². The quantitative estimate of drug-likeness (QED) is 0.734. The van der Waals surface area contributed by atoms with Gasteiger partial charge in [0.2, 0.25) is 5.91 Å². The number of aryl methyl sites for hydroxylation is 1. The zero-order valence-electron chi connectivity index (χ0n) is 15.1. The number of cyclic esters (lactones) is 1. The predicted octanol–water partition coefficient (Wildman–Crippen LogP) is 2.07. The summed E-state index contributed by atoms with van der Waals surface area (Å²) in [6.07, 6.45) is 2.04. The molecule has 2 aliphatic rings. The van der Waals surface area contributed by atoms with Crippen molar-refractivity contribution in [1.82, 2.24) is 9.80 Å². The van der Waals surface area contributed by atoms with Crippen molar-refractivity contribution < 1.29 is 28.6 Å². The Labute approximate surface area is 161 Å². The van der Waals surface area contributed by atoms with Crippen LogP contribution in [0.2, 0.25) is 0 Å². The third kappa shape index (κ3) is 3.21. The van der Waals surface area contributed by atoms with Crippen LogP contribution < -0.4 is 0 Å². The van der Waals surface area contributed by atoms with E-state index in [4.69, 9.17) is 14.3 Å². The minimum Gasteiger partial charge on any atom is -0.480 e. The molecule has 3 heterocycles. The Morgan fingerprint density at radius 3 is 2.61 bits per heavy atom. The fraction of sp³-hybridized carbons (Fsp3) is 0.350. The number of likely N-dealkylation sites (tertiary alicyclic amines) is 1. The number of carboxylic acid groups (broad SMARTS) is 1. The zero-order valence-corrected chi connectivity index (χ0v) is 15.1. The maximum atomic E-state index is 12.8. The van der Waals surface area contributed by atoms with Gasteiger partial charge in [-0.2, -0.15) is 0 Å². The maximum Gasteiger partial charge on any atom is 0.411 e. The average Bonchev–Trinajstić information content (AvgIpc) is 3.33. The fourth-order valence-corrected chi connectivity index (χ4v) is 3.96. The van der Waals surface area contributed by atoms with Crippen molar-refractivity contribution in [2.45, 2.75) is 31.0 Å². The van der Waals surface area contributed by atoms with Gasteiger partial charge in [0.15, 0.2) is 0 Å². The summed E-state index contributed by atoms with van der Waals surface area (Å²) >= 11 is 0. The summed E-state index contributed by atoms with van der Waals surface area (Å²) in [5, 5.41) is 9.15. The lowest BCUT2D eigenvalue weighted by Gasteiger charge is -2.50. The number of aliphatic carboxylic acids is 1. The molecule has 1 N–H and O–H groups in total. The number of hydrogen-bond acceptors (Lipinski definition) is 5. The van der Waals surface area contributed by atoms with Crippen molar-refractivity contribution in [2.24, 2.45) is 0 Å². The highest BCUT2D eigenvalue weighted by Crippen LogP contribution is 2.37. The molecule has 0 spiro atoms. The first kappa shape index (κ1) is 18.1. The number of rotatable bonds is 7. The van der Waals surface area contributed by atoms with E-state index < -0.39 is 30.7 Å². The number of ether oxygens (including phenoxy) is 1. The van der Waals surface area contributed by atoms with E-state index in [0.29, 0.717) is 12.8 Å². The summed E-state index contributed by atoms with van der Waals surface area (Å²) in [6.45, 7) is -0.229. The summed E-state index contributed by atoms with van der Waals surface area (Å²) in [4.78, 5) is 39.2. The van der Waals surface area contributed by atoms with Gasteiger partial charge in [-0.05, 0) is 24.1 Å². The van der Waals surface area contributed by atoms with Crippen LogP contribution in [0.4, 0.5) is 4.79 Å². The molecular weight excluding hydrogens is 364 g/mol. The van der Waals surface area contributed by atoms with Crippen LogP contribution >= 0.6 is 0 Å². The van der Waals surface area contributed by atoms with E-state index in [1.807, 2.05) is 36.4 Å². The van der Waals surface area contributed by atoms with E-state index in [1.165, 1.54) is 9.80 Å². The number of nitrogens with zero attached hydrogens (tertiary/aromatic N) is 2. The van der Waals surface area contributed by atoms with E-state index in [-0.39, 0.29) is 18.6 Å².